The lowest BCUT2D eigenvalue weighted by atomic mass is 10.2. The molecule has 6 heteroatoms. The van der Waals surface area contributed by atoms with E-state index in [0.29, 0.717) is 22.6 Å². The van der Waals surface area contributed by atoms with E-state index in [1.165, 1.54) is 16.3 Å². The van der Waals surface area contributed by atoms with Crippen molar-refractivity contribution in [3.63, 3.8) is 0 Å². The average molecular weight is 367 g/mol. The summed E-state index contributed by atoms with van der Waals surface area (Å²) in [5.74, 6) is 0.218. The molecule has 0 atom stereocenters. The molecule has 0 aliphatic heterocycles. The summed E-state index contributed by atoms with van der Waals surface area (Å²) in [5, 5.41) is 1.13. The fourth-order valence-corrected chi connectivity index (χ4v) is 3.73. The van der Waals surface area contributed by atoms with Crippen molar-refractivity contribution in [3.8, 4) is 0 Å². The summed E-state index contributed by atoms with van der Waals surface area (Å²) < 4.78 is 1.50. The maximum absolute atomic E-state index is 12.8. The van der Waals surface area contributed by atoms with Crippen LogP contribution in [0.3, 0.4) is 0 Å². The number of nitrogens with zero attached hydrogens (tertiary/aromatic N) is 3. The van der Waals surface area contributed by atoms with Crippen LogP contribution in [0.15, 0.2) is 58.5 Å². The van der Waals surface area contributed by atoms with Gasteiger partial charge in [0.25, 0.3) is 5.56 Å². The summed E-state index contributed by atoms with van der Waals surface area (Å²) in [6.07, 6.45) is 0. The second kappa shape index (κ2) is 7.74. The van der Waals surface area contributed by atoms with Gasteiger partial charge in [0, 0.05) is 19.3 Å². The summed E-state index contributed by atoms with van der Waals surface area (Å²) in [4.78, 5) is 31.5. The number of carbonyl (C=O) groups excluding carboxylic acids is 1. The number of aromatic nitrogens is 2. The number of fused-ring (bicyclic) bond motifs is 1. The third-order valence-corrected chi connectivity index (χ3v) is 5.31. The van der Waals surface area contributed by atoms with Crippen molar-refractivity contribution in [1.82, 2.24) is 9.55 Å². The van der Waals surface area contributed by atoms with Crippen molar-refractivity contribution in [1.29, 1.82) is 0 Å². The van der Waals surface area contributed by atoms with Crippen molar-refractivity contribution < 1.29 is 4.79 Å². The molecule has 0 saturated carbocycles. The Labute approximate surface area is 156 Å². The number of aryl methyl sites for hydroxylation is 1. The molecule has 1 amide bonds. The highest BCUT2D eigenvalue weighted by Crippen LogP contribution is 2.22. The van der Waals surface area contributed by atoms with Crippen molar-refractivity contribution in [3.05, 3.63) is 64.4 Å². The largest absolute Gasteiger partial charge is 0.312 e. The van der Waals surface area contributed by atoms with Gasteiger partial charge in [0.05, 0.1) is 16.7 Å². The molecular formula is C20H21N3O2S. The Balaban J connectivity index is 1.83. The molecule has 1 aromatic heterocycles. The highest BCUT2D eigenvalue weighted by atomic mass is 32.2. The first-order chi connectivity index (χ1) is 12.5. The van der Waals surface area contributed by atoms with E-state index < -0.39 is 0 Å². The van der Waals surface area contributed by atoms with E-state index in [0.717, 1.165) is 11.3 Å². The van der Waals surface area contributed by atoms with Gasteiger partial charge < -0.3 is 4.90 Å². The standard InChI is InChI=1S/C20H21N3O2S/c1-4-23(17-12-8-5-9-14(17)2)18(24)13-26-20-21-16-11-7-6-10-15(16)19(25)22(20)3/h5-12H,4,13H2,1-3H3. The number of rotatable bonds is 5. The van der Waals surface area contributed by atoms with E-state index in [4.69, 9.17) is 0 Å². The lowest BCUT2D eigenvalue weighted by Gasteiger charge is -2.22. The molecule has 0 fully saturated rings. The number of benzene rings is 2. The number of anilines is 1. The number of amides is 1. The van der Waals surface area contributed by atoms with Crippen LogP contribution in [-0.2, 0) is 11.8 Å². The fourth-order valence-electron chi connectivity index (χ4n) is 2.88. The Morgan fingerprint density at radius 3 is 2.58 bits per heavy atom. The lowest BCUT2D eigenvalue weighted by Crippen LogP contribution is -2.33. The molecular weight excluding hydrogens is 346 g/mol. The predicted octanol–water partition coefficient (Wildman–Crippen LogP) is 3.39. The molecule has 3 aromatic rings. The van der Waals surface area contributed by atoms with Crippen LogP contribution in [0.4, 0.5) is 5.69 Å². The summed E-state index contributed by atoms with van der Waals surface area (Å²) >= 11 is 1.29. The van der Waals surface area contributed by atoms with Crippen LogP contribution in [0.25, 0.3) is 10.9 Å². The van der Waals surface area contributed by atoms with E-state index >= 15 is 0 Å². The Morgan fingerprint density at radius 2 is 1.85 bits per heavy atom. The van der Waals surface area contributed by atoms with Crippen molar-refractivity contribution in [2.75, 3.05) is 17.2 Å². The van der Waals surface area contributed by atoms with E-state index in [9.17, 15) is 9.59 Å². The summed E-state index contributed by atoms with van der Waals surface area (Å²) in [7, 11) is 1.69. The quantitative estimate of drug-likeness (QED) is 0.512. The van der Waals surface area contributed by atoms with Gasteiger partial charge in [-0.3, -0.25) is 14.2 Å². The SMILES string of the molecule is CCN(C(=O)CSc1nc2ccccc2c(=O)n1C)c1ccccc1C. The van der Waals surface area contributed by atoms with Gasteiger partial charge in [-0.05, 0) is 37.6 Å². The molecule has 134 valence electrons. The number of hydrogen-bond acceptors (Lipinski definition) is 4. The van der Waals surface area contributed by atoms with Crippen molar-refractivity contribution in [2.45, 2.75) is 19.0 Å². The minimum absolute atomic E-state index is 0.00536. The Hall–Kier alpha value is -2.60. The van der Waals surface area contributed by atoms with Crippen LogP contribution in [0.1, 0.15) is 12.5 Å². The van der Waals surface area contributed by atoms with Crippen LogP contribution >= 0.6 is 11.8 Å². The van der Waals surface area contributed by atoms with Crippen LogP contribution in [0, 0.1) is 6.92 Å². The van der Waals surface area contributed by atoms with E-state index in [1.54, 1.807) is 18.0 Å². The molecule has 0 aliphatic carbocycles. The van der Waals surface area contributed by atoms with Crippen molar-refractivity contribution in [2.24, 2.45) is 7.05 Å². The lowest BCUT2D eigenvalue weighted by molar-refractivity contribution is -0.116. The third kappa shape index (κ3) is 3.51. The Bertz CT molecular complexity index is 1010. The molecule has 0 spiro atoms. The maximum atomic E-state index is 12.8. The van der Waals surface area contributed by atoms with Gasteiger partial charge >= 0.3 is 0 Å². The Kier molecular flexibility index (Phi) is 5.42. The smallest absolute Gasteiger partial charge is 0.261 e. The van der Waals surface area contributed by atoms with Crippen LogP contribution in [0.2, 0.25) is 0 Å². The number of carbonyl (C=O) groups is 1. The third-order valence-electron chi connectivity index (χ3n) is 4.29. The average Bonchev–Trinajstić information content (AvgIpc) is 2.65. The van der Waals surface area contributed by atoms with Gasteiger partial charge in [-0.2, -0.15) is 0 Å². The molecule has 0 saturated heterocycles. The minimum Gasteiger partial charge on any atom is -0.312 e. The van der Waals surface area contributed by atoms with E-state index in [-0.39, 0.29) is 17.2 Å². The number of thioether (sulfide) groups is 1. The van der Waals surface area contributed by atoms with Gasteiger partial charge in [0.2, 0.25) is 5.91 Å². The summed E-state index contributed by atoms with van der Waals surface area (Å²) in [5.41, 5.74) is 2.53. The maximum Gasteiger partial charge on any atom is 0.261 e. The van der Waals surface area contributed by atoms with E-state index in [1.807, 2.05) is 56.3 Å². The zero-order valence-corrected chi connectivity index (χ0v) is 15.9. The molecule has 0 bridgehead atoms. The molecule has 2 aromatic carbocycles. The fraction of sp³-hybridized carbons (Fsp3) is 0.250. The molecule has 0 unspecified atom stereocenters. The predicted molar refractivity (Wildman–Crippen MR) is 107 cm³/mol. The zero-order valence-electron chi connectivity index (χ0n) is 15.1. The molecule has 0 N–H and O–H groups in total. The van der Waals surface area contributed by atoms with Gasteiger partial charge in [-0.15, -0.1) is 0 Å². The van der Waals surface area contributed by atoms with Gasteiger partial charge in [-0.25, -0.2) is 4.98 Å². The number of para-hydroxylation sites is 2. The highest BCUT2D eigenvalue weighted by Gasteiger charge is 2.17. The first-order valence-electron chi connectivity index (χ1n) is 8.47. The van der Waals surface area contributed by atoms with Crippen molar-refractivity contribution >= 4 is 34.3 Å². The van der Waals surface area contributed by atoms with Crippen LogP contribution in [-0.4, -0.2) is 27.8 Å². The number of hydrogen-bond donors (Lipinski definition) is 0. The summed E-state index contributed by atoms with van der Waals surface area (Å²) in [6, 6.07) is 15.1. The monoisotopic (exact) mass is 367 g/mol. The minimum atomic E-state index is -0.100. The first kappa shape index (κ1) is 18.2. The highest BCUT2D eigenvalue weighted by molar-refractivity contribution is 7.99. The van der Waals surface area contributed by atoms with Crippen LogP contribution < -0.4 is 10.5 Å². The molecule has 5 nitrogen and oxygen atoms in total. The van der Waals surface area contributed by atoms with Gasteiger partial charge in [0.1, 0.15) is 0 Å². The van der Waals surface area contributed by atoms with Gasteiger partial charge in [0.15, 0.2) is 5.16 Å². The second-order valence-electron chi connectivity index (χ2n) is 5.99. The van der Waals surface area contributed by atoms with E-state index in [2.05, 4.69) is 4.98 Å². The molecule has 3 rings (SSSR count). The topological polar surface area (TPSA) is 55.2 Å². The Morgan fingerprint density at radius 1 is 1.15 bits per heavy atom. The zero-order chi connectivity index (χ0) is 18.7. The van der Waals surface area contributed by atoms with Crippen LogP contribution in [0.5, 0.6) is 0 Å². The molecule has 1 heterocycles. The second-order valence-corrected chi connectivity index (χ2v) is 6.93. The summed E-state index contributed by atoms with van der Waals surface area (Å²) in [6.45, 7) is 4.54. The molecule has 0 aliphatic rings. The molecule has 0 radical (unpaired) electrons. The first-order valence-corrected chi connectivity index (χ1v) is 9.46. The van der Waals surface area contributed by atoms with Gasteiger partial charge in [-0.1, -0.05) is 42.1 Å². The normalized spacial score (nSPS) is 10.9. The molecule has 26 heavy (non-hydrogen) atoms.